The predicted molar refractivity (Wildman–Crippen MR) is 80.1 cm³/mol. The molecule has 0 spiro atoms. The molecule has 0 bridgehead atoms. The van der Waals surface area contributed by atoms with Gasteiger partial charge in [-0.3, -0.25) is 4.98 Å². The number of nitrogens with zero attached hydrogens (tertiary/aromatic N) is 1. The molecule has 4 N–H and O–H groups in total. The van der Waals surface area contributed by atoms with E-state index in [9.17, 15) is 0 Å². The van der Waals surface area contributed by atoms with Gasteiger partial charge in [-0.2, -0.15) is 0 Å². The van der Waals surface area contributed by atoms with Crippen molar-refractivity contribution in [3.8, 4) is 0 Å². The molecule has 1 aromatic carbocycles. The highest BCUT2D eigenvalue weighted by Gasteiger charge is 2.06. The second-order valence-corrected chi connectivity index (χ2v) is 4.96. The molecule has 0 amide bonds. The Labute approximate surface area is 113 Å². The molecular formula is C15H21N3O. The van der Waals surface area contributed by atoms with Crippen LogP contribution in [-0.4, -0.2) is 23.2 Å². The van der Waals surface area contributed by atoms with Crippen LogP contribution in [0.3, 0.4) is 0 Å². The average molecular weight is 259 g/mol. The summed E-state index contributed by atoms with van der Waals surface area (Å²) in [6.45, 7) is 3.15. The number of hydrogen-bond acceptors (Lipinski definition) is 4. The van der Waals surface area contributed by atoms with Crippen LogP contribution in [0.1, 0.15) is 19.8 Å². The van der Waals surface area contributed by atoms with Crippen molar-refractivity contribution in [1.29, 1.82) is 0 Å². The van der Waals surface area contributed by atoms with Crippen LogP contribution in [0, 0.1) is 5.92 Å². The standard InChI is InChI=1S/C15H21N3O/c1-11(10-19)5-4-8-17-15-12-6-2-3-7-14(12)18-9-13(15)16/h2-3,6-7,9,11,19H,4-5,8,10,16H2,1H3,(H,17,18). The Hall–Kier alpha value is -1.81. The molecule has 1 aromatic heterocycles. The number of nitrogens with one attached hydrogen (secondary N) is 1. The van der Waals surface area contributed by atoms with Crippen molar-refractivity contribution in [3.63, 3.8) is 0 Å². The molecular weight excluding hydrogens is 238 g/mol. The summed E-state index contributed by atoms with van der Waals surface area (Å²) >= 11 is 0. The lowest BCUT2D eigenvalue weighted by Gasteiger charge is -2.13. The Bertz CT molecular complexity index is 542. The first-order valence-corrected chi connectivity index (χ1v) is 6.70. The van der Waals surface area contributed by atoms with Crippen molar-refractivity contribution < 1.29 is 5.11 Å². The van der Waals surface area contributed by atoms with Gasteiger partial charge in [0.05, 0.1) is 23.1 Å². The summed E-state index contributed by atoms with van der Waals surface area (Å²) in [5, 5.41) is 13.4. The third kappa shape index (κ3) is 3.35. The Morgan fingerprint density at radius 3 is 2.95 bits per heavy atom. The summed E-state index contributed by atoms with van der Waals surface area (Å²) in [6, 6.07) is 7.96. The summed E-state index contributed by atoms with van der Waals surface area (Å²) in [6.07, 6.45) is 3.71. The highest BCUT2D eigenvalue weighted by Crippen LogP contribution is 2.27. The Balaban J connectivity index is 2.05. The molecule has 4 heteroatoms. The lowest BCUT2D eigenvalue weighted by atomic mass is 10.1. The summed E-state index contributed by atoms with van der Waals surface area (Å²) in [5.74, 6) is 0.355. The van der Waals surface area contributed by atoms with Gasteiger partial charge >= 0.3 is 0 Å². The number of aromatic nitrogens is 1. The van der Waals surface area contributed by atoms with Crippen LogP contribution in [0.2, 0.25) is 0 Å². The number of nitrogen functional groups attached to an aromatic ring is 1. The molecule has 4 nitrogen and oxygen atoms in total. The van der Waals surface area contributed by atoms with Crippen LogP contribution in [0.15, 0.2) is 30.5 Å². The van der Waals surface area contributed by atoms with E-state index in [4.69, 9.17) is 10.8 Å². The van der Waals surface area contributed by atoms with E-state index in [2.05, 4.69) is 17.2 Å². The van der Waals surface area contributed by atoms with Gasteiger partial charge in [-0.05, 0) is 24.8 Å². The van der Waals surface area contributed by atoms with Gasteiger partial charge in [-0.15, -0.1) is 0 Å². The zero-order valence-corrected chi connectivity index (χ0v) is 11.3. The van der Waals surface area contributed by atoms with Crippen molar-refractivity contribution in [2.45, 2.75) is 19.8 Å². The van der Waals surface area contributed by atoms with E-state index in [1.165, 1.54) is 0 Å². The maximum absolute atomic E-state index is 8.99. The maximum atomic E-state index is 8.99. The van der Waals surface area contributed by atoms with E-state index in [1.807, 2.05) is 24.3 Å². The van der Waals surface area contributed by atoms with Gasteiger partial charge in [0.25, 0.3) is 0 Å². The molecule has 0 saturated heterocycles. The van der Waals surface area contributed by atoms with Crippen LogP contribution < -0.4 is 11.1 Å². The van der Waals surface area contributed by atoms with Crippen LogP contribution in [-0.2, 0) is 0 Å². The molecule has 2 aromatic rings. The summed E-state index contributed by atoms with van der Waals surface area (Å²) in [4.78, 5) is 4.31. The number of rotatable bonds is 6. The topological polar surface area (TPSA) is 71.2 Å². The molecule has 19 heavy (non-hydrogen) atoms. The van der Waals surface area contributed by atoms with Crippen LogP contribution >= 0.6 is 0 Å². The molecule has 0 aliphatic heterocycles. The number of aliphatic hydroxyl groups is 1. The molecule has 0 aliphatic carbocycles. The SMILES string of the molecule is CC(CO)CCCNc1c(N)cnc2ccccc12. The summed E-state index contributed by atoms with van der Waals surface area (Å²) < 4.78 is 0. The third-order valence-corrected chi connectivity index (χ3v) is 3.29. The molecule has 102 valence electrons. The van der Waals surface area contributed by atoms with E-state index in [1.54, 1.807) is 6.20 Å². The van der Waals surface area contributed by atoms with E-state index in [0.717, 1.165) is 36.0 Å². The number of fused-ring (bicyclic) bond motifs is 1. The lowest BCUT2D eigenvalue weighted by molar-refractivity contribution is 0.229. The number of anilines is 2. The molecule has 1 atom stereocenters. The van der Waals surface area contributed by atoms with Crippen LogP contribution in [0.4, 0.5) is 11.4 Å². The number of aliphatic hydroxyl groups excluding tert-OH is 1. The minimum atomic E-state index is 0.250. The number of hydrogen-bond donors (Lipinski definition) is 3. The highest BCUT2D eigenvalue weighted by molar-refractivity contribution is 5.96. The number of pyridine rings is 1. The van der Waals surface area contributed by atoms with Crippen molar-refractivity contribution in [2.75, 3.05) is 24.2 Å². The average Bonchev–Trinajstić information content (AvgIpc) is 2.45. The molecule has 1 unspecified atom stereocenters. The lowest BCUT2D eigenvalue weighted by Crippen LogP contribution is -2.08. The minimum absolute atomic E-state index is 0.250. The van der Waals surface area contributed by atoms with Crippen molar-refractivity contribution in [1.82, 2.24) is 4.98 Å². The first-order chi connectivity index (χ1) is 9.22. The summed E-state index contributed by atoms with van der Waals surface area (Å²) in [7, 11) is 0. The van der Waals surface area contributed by atoms with Crippen molar-refractivity contribution in [3.05, 3.63) is 30.5 Å². The molecule has 0 fully saturated rings. The minimum Gasteiger partial charge on any atom is -0.396 e. The van der Waals surface area contributed by atoms with Gasteiger partial charge in [-0.25, -0.2) is 0 Å². The fourth-order valence-corrected chi connectivity index (χ4v) is 2.11. The molecule has 1 heterocycles. The van der Waals surface area contributed by atoms with E-state index in [0.29, 0.717) is 11.6 Å². The largest absolute Gasteiger partial charge is 0.396 e. The smallest absolute Gasteiger partial charge is 0.0743 e. The Morgan fingerprint density at radius 2 is 2.16 bits per heavy atom. The third-order valence-electron chi connectivity index (χ3n) is 3.29. The van der Waals surface area contributed by atoms with Crippen molar-refractivity contribution in [2.24, 2.45) is 5.92 Å². The fourth-order valence-electron chi connectivity index (χ4n) is 2.11. The maximum Gasteiger partial charge on any atom is 0.0743 e. The molecule has 0 aliphatic rings. The van der Waals surface area contributed by atoms with Crippen LogP contribution in [0.25, 0.3) is 10.9 Å². The van der Waals surface area contributed by atoms with Gasteiger partial charge in [0.2, 0.25) is 0 Å². The normalized spacial score (nSPS) is 12.5. The van der Waals surface area contributed by atoms with E-state index >= 15 is 0 Å². The van der Waals surface area contributed by atoms with Gasteiger partial charge in [0.1, 0.15) is 0 Å². The fraction of sp³-hybridized carbons (Fsp3) is 0.400. The number of para-hydroxylation sites is 1. The monoisotopic (exact) mass is 259 g/mol. The Kier molecular flexibility index (Phi) is 4.58. The zero-order valence-electron chi connectivity index (χ0n) is 11.3. The van der Waals surface area contributed by atoms with Gasteiger partial charge in [-0.1, -0.05) is 25.1 Å². The second kappa shape index (κ2) is 6.38. The first kappa shape index (κ1) is 13.6. The van der Waals surface area contributed by atoms with Gasteiger partial charge in [0, 0.05) is 18.5 Å². The van der Waals surface area contributed by atoms with E-state index < -0.39 is 0 Å². The zero-order chi connectivity index (χ0) is 13.7. The van der Waals surface area contributed by atoms with E-state index in [-0.39, 0.29) is 6.61 Å². The number of nitrogens with two attached hydrogens (primary N) is 1. The van der Waals surface area contributed by atoms with Crippen molar-refractivity contribution >= 4 is 22.3 Å². The first-order valence-electron chi connectivity index (χ1n) is 6.70. The summed E-state index contributed by atoms with van der Waals surface area (Å²) in [5.41, 5.74) is 8.57. The molecule has 0 radical (unpaired) electrons. The molecule has 0 saturated carbocycles. The van der Waals surface area contributed by atoms with Gasteiger partial charge < -0.3 is 16.2 Å². The quantitative estimate of drug-likeness (QED) is 0.697. The predicted octanol–water partition coefficient (Wildman–Crippen LogP) is 2.64. The number of benzene rings is 1. The Morgan fingerprint density at radius 1 is 1.37 bits per heavy atom. The highest BCUT2D eigenvalue weighted by atomic mass is 16.3. The van der Waals surface area contributed by atoms with Gasteiger partial charge in [0.15, 0.2) is 0 Å². The second-order valence-electron chi connectivity index (χ2n) is 4.96. The van der Waals surface area contributed by atoms with Crippen LogP contribution in [0.5, 0.6) is 0 Å². The molecule has 2 rings (SSSR count).